The first-order valence-electron chi connectivity index (χ1n) is 5.72. The van der Waals surface area contributed by atoms with Crippen LogP contribution < -0.4 is 5.32 Å². The Morgan fingerprint density at radius 2 is 2.25 bits per heavy atom. The average Bonchev–Trinajstić information content (AvgIpc) is 2.89. The SMILES string of the molecule is CCc1[nH]nc(NC(=O)C2CC=CC2)c1C. The molecule has 2 N–H and O–H groups in total. The number of hydrogen-bond donors (Lipinski definition) is 2. The summed E-state index contributed by atoms with van der Waals surface area (Å²) in [4.78, 5) is 11.9. The second-order valence-electron chi connectivity index (χ2n) is 4.16. The van der Waals surface area contributed by atoms with Gasteiger partial charge in [-0.25, -0.2) is 0 Å². The minimum absolute atomic E-state index is 0.0715. The van der Waals surface area contributed by atoms with Crippen molar-refractivity contribution >= 4 is 11.7 Å². The molecule has 0 saturated heterocycles. The molecule has 16 heavy (non-hydrogen) atoms. The molecule has 1 amide bonds. The van der Waals surface area contributed by atoms with E-state index in [9.17, 15) is 4.79 Å². The van der Waals surface area contributed by atoms with Crippen molar-refractivity contribution < 1.29 is 4.79 Å². The molecule has 0 unspecified atom stereocenters. The Morgan fingerprint density at radius 3 is 2.81 bits per heavy atom. The highest BCUT2D eigenvalue weighted by Crippen LogP contribution is 2.21. The number of nitrogens with zero attached hydrogens (tertiary/aromatic N) is 1. The van der Waals surface area contributed by atoms with Crippen molar-refractivity contribution in [2.75, 3.05) is 5.32 Å². The summed E-state index contributed by atoms with van der Waals surface area (Å²) in [5.41, 5.74) is 2.13. The molecule has 1 heterocycles. The average molecular weight is 219 g/mol. The number of aryl methyl sites for hydroxylation is 1. The van der Waals surface area contributed by atoms with Crippen LogP contribution in [0.25, 0.3) is 0 Å². The summed E-state index contributed by atoms with van der Waals surface area (Å²) in [7, 11) is 0. The zero-order valence-electron chi connectivity index (χ0n) is 9.71. The fourth-order valence-corrected chi connectivity index (χ4v) is 1.95. The van der Waals surface area contributed by atoms with Crippen LogP contribution in [0.4, 0.5) is 5.82 Å². The number of anilines is 1. The molecule has 1 aromatic rings. The molecule has 0 atom stereocenters. The number of amides is 1. The van der Waals surface area contributed by atoms with E-state index in [-0.39, 0.29) is 11.8 Å². The number of aromatic amines is 1. The summed E-state index contributed by atoms with van der Waals surface area (Å²) in [6.45, 7) is 4.04. The van der Waals surface area contributed by atoms with E-state index in [1.807, 2.05) is 6.92 Å². The van der Waals surface area contributed by atoms with Gasteiger partial charge in [0.25, 0.3) is 0 Å². The van der Waals surface area contributed by atoms with E-state index in [4.69, 9.17) is 0 Å². The largest absolute Gasteiger partial charge is 0.309 e. The molecular formula is C12H17N3O. The van der Waals surface area contributed by atoms with Gasteiger partial charge in [0, 0.05) is 17.2 Å². The van der Waals surface area contributed by atoms with E-state index < -0.39 is 0 Å². The lowest BCUT2D eigenvalue weighted by Crippen LogP contribution is -2.21. The predicted octanol–water partition coefficient (Wildman–Crippen LogP) is 2.19. The number of rotatable bonds is 3. The molecule has 0 aromatic carbocycles. The third kappa shape index (κ3) is 2.01. The molecule has 0 bridgehead atoms. The van der Waals surface area contributed by atoms with E-state index in [0.29, 0.717) is 5.82 Å². The van der Waals surface area contributed by atoms with Crippen molar-refractivity contribution in [1.29, 1.82) is 0 Å². The second-order valence-corrected chi connectivity index (χ2v) is 4.16. The monoisotopic (exact) mass is 219 g/mol. The fraction of sp³-hybridized carbons (Fsp3) is 0.500. The normalized spacial score (nSPS) is 15.6. The van der Waals surface area contributed by atoms with Crippen LogP contribution >= 0.6 is 0 Å². The molecule has 1 aliphatic rings. The van der Waals surface area contributed by atoms with E-state index >= 15 is 0 Å². The van der Waals surface area contributed by atoms with Crippen molar-refractivity contribution in [2.45, 2.75) is 33.1 Å². The molecule has 0 radical (unpaired) electrons. The Balaban J connectivity index is 2.03. The lowest BCUT2D eigenvalue weighted by molar-refractivity contribution is -0.119. The van der Waals surface area contributed by atoms with Gasteiger partial charge in [-0.2, -0.15) is 5.10 Å². The molecule has 4 nitrogen and oxygen atoms in total. The summed E-state index contributed by atoms with van der Waals surface area (Å²) in [6.07, 6.45) is 6.70. The molecule has 4 heteroatoms. The maximum Gasteiger partial charge on any atom is 0.229 e. The highest BCUT2D eigenvalue weighted by atomic mass is 16.1. The highest BCUT2D eigenvalue weighted by Gasteiger charge is 2.20. The summed E-state index contributed by atoms with van der Waals surface area (Å²) in [5.74, 6) is 0.831. The number of hydrogen-bond acceptors (Lipinski definition) is 2. The van der Waals surface area contributed by atoms with Gasteiger partial charge in [0.05, 0.1) is 0 Å². The second kappa shape index (κ2) is 4.51. The maximum absolute atomic E-state index is 11.9. The van der Waals surface area contributed by atoms with Gasteiger partial charge in [-0.1, -0.05) is 19.1 Å². The first-order valence-corrected chi connectivity index (χ1v) is 5.72. The number of allylic oxidation sites excluding steroid dienone is 2. The van der Waals surface area contributed by atoms with Crippen LogP contribution in [0.15, 0.2) is 12.2 Å². The van der Waals surface area contributed by atoms with Crippen LogP contribution in [0.3, 0.4) is 0 Å². The van der Waals surface area contributed by atoms with Gasteiger partial charge in [-0.3, -0.25) is 9.89 Å². The van der Waals surface area contributed by atoms with Gasteiger partial charge in [-0.05, 0) is 26.2 Å². The molecule has 0 saturated carbocycles. The van der Waals surface area contributed by atoms with E-state index in [1.54, 1.807) is 0 Å². The van der Waals surface area contributed by atoms with Crippen molar-refractivity contribution in [2.24, 2.45) is 5.92 Å². The molecule has 86 valence electrons. The minimum Gasteiger partial charge on any atom is -0.309 e. The van der Waals surface area contributed by atoms with Crippen LogP contribution in [0, 0.1) is 12.8 Å². The van der Waals surface area contributed by atoms with Gasteiger partial charge < -0.3 is 5.32 Å². The standard InChI is InChI=1S/C12H17N3O/c1-3-10-8(2)11(15-14-10)13-12(16)9-6-4-5-7-9/h4-5,9H,3,6-7H2,1-2H3,(H2,13,14,15,16). The van der Waals surface area contributed by atoms with Gasteiger partial charge >= 0.3 is 0 Å². The van der Waals surface area contributed by atoms with Crippen LogP contribution in [0.5, 0.6) is 0 Å². The van der Waals surface area contributed by atoms with Crippen molar-refractivity contribution in [1.82, 2.24) is 10.2 Å². The van der Waals surface area contributed by atoms with Gasteiger partial charge in [0.1, 0.15) is 0 Å². The van der Waals surface area contributed by atoms with Crippen LogP contribution in [-0.2, 0) is 11.2 Å². The molecule has 0 fully saturated rings. The third-order valence-electron chi connectivity index (χ3n) is 3.08. The lowest BCUT2D eigenvalue weighted by Gasteiger charge is -2.08. The molecular weight excluding hydrogens is 202 g/mol. The summed E-state index contributed by atoms with van der Waals surface area (Å²) in [5, 5.41) is 9.95. The molecule has 1 aromatic heterocycles. The van der Waals surface area contributed by atoms with Crippen LogP contribution in [-0.4, -0.2) is 16.1 Å². The number of H-pyrrole nitrogens is 1. The van der Waals surface area contributed by atoms with Crippen molar-refractivity contribution in [3.05, 3.63) is 23.4 Å². The third-order valence-corrected chi connectivity index (χ3v) is 3.08. The maximum atomic E-state index is 11.9. The molecule has 1 aliphatic carbocycles. The predicted molar refractivity (Wildman–Crippen MR) is 63.2 cm³/mol. The zero-order valence-corrected chi connectivity index (χ0v) is 9.71. The molecule has 2 rings (SSSR count). The minimum atomic E-state index is 0.0715. The Hall–Kier alpha value is -1.58. The number of carbonyl (C=O) groups excluding carboxylic acids is 1. The van der Waals surface area contributed by atoms with E-state index in [1.165, 1.54) is 0 Å². The quantitative estimate of drug-likeness (QED) is 0.765. The van der Waals surface area contributed by atoms with Gasteiger partial charge in [0.15, 0.2) is 5.82 Å². The van der Waals surface area contributed by atoms with Gasteiger partial charge in [-0.15, -0.1) is 0 Å². The summed E-state index contributed by atoms with van der Waals surface area (Å²) < 4.78 is 0. The zero-order chi connectivity index (χ0) is 11.5. The highest BCUT2D eigenvalue weighted by molar-refractivity contribution is 5.92. The van der Waals surface area contributed by atoms with E-state index in [0.717, 1.165) is 30.5 Å². The van der Waals surface area contributed by atoms with Crippen molar-refractivity contribution in [3.8, 4) is 0 Å². The number of carbonyl (C=O) groups is 1. The molecule has 0 aliphatic heterocycles. The first-order chi connectivity index (χ1) is 7.72. The fourth-order valence-electron chi connectivity index (χ4n) is 1.95. The Labute approximate surface area is 95.1 Å². The Kier molecular flexibility index (Phi) is 3.08. The van der Waals surface area contributed by atoms with Crippen LogP contribution in [0.2, 0.25) is 0 Å². The van der Waals surface area contributed by atoms with Crippen LogP contribution in [0.1, 0.15) is 31.0 Å². The number of aromatic nitrogens is 2. The van der Waals surface area contributed by atoms with Crippen molar-refractivity contribution in [3.63, 3.8) is 0 Å². The first kappa shape index (κ1) is 10.9. The number of nitrogens with one attached hydrogen (secondary N) is 2. The summed E-state index contributed by atoms with van der Waals surface area (Å²) >= 11 is 0. The van der Waals surface area contributed by atoms with E-state index in [2.05, 4.69) is 34.6 Å². The smallest absolute Gasteiger partial charge is 0.229 e. The lowest BCUT2D eigenvalue weighted by atomic mass is 10.1. The Bertz CT molecular complexity index is 412. The summed E-state index contributed by atoms with van der Waals surface area (Å²) in [6, 6.07) is 0. The Morgan fingerprint density at radius 1 is 1.56 bits per heavy atom. The molecule has 0 spiro atoms. The topological polar surface area (TPSA) is 57.8 Å². The van der Waals surface area contributed by atoms with Gasteiger partial charge in [0.2, 0.25) is 5.91 Å².